The van der Waals surface area contributed by atoms with Crippen LogP contribution >= 0.6 is 11.8 Å². The predicted molar refractivity (Wildman–Crippen MR) is 138 cm³/mol. The molecule has 0 saturated heterocycles. The van der Waals surface area contributed by atoms with E-state index in [1.807, 2.05) is 65.2 Å². The lowest BCUT2D eigenvalue weighted by Crippen LogP contribution is -2.31. The van der Waals surface area contributed by atoms with Gasteiger partial charge in [-0.05, 0) is 36.4 Å². The maximum absolute atomic E-state index is 13.1. The van der Waals surface area contributed by atoms with Gasteiger partial charge >= 0.3 is 0 Å². The van der Waals surface area contributed by atoms with Crippen molar-refractivity contribution >= 4 is 28.6 Å². The molecule has 0 fully saturated rings. The lowest BCUT2D eigenvalue weighted by molar-refractivity contribution is -0.118. The number of fused-ring (bicyclic) bond motifs is 1. The first-order chi connectivity index (χ1) is 17.5. The summed E-state index contributed by atoms with van der Waals surface area (Å²) in [6.45, 7) is -0.257. The molecule has 0 saturated carbocycles. The number of aromatic nitrogens is 5. The second-order valence-electron chi connectivity index (χ2n) is 7.90. The zero-order chi connectivity index (χ0) is 25.1. The maximum Gasteiger partial charge on any atom is 0.261 e. The molecular weight excluding hydrogens is 476 g/mol. The second-order valence-corrected chi connectivity index (χ2v) is 8.84. The Morgan fingerprint density at radius 1 is 1.00 bits per heavy atom. The molecule has 0 aliphatic rings. The van der Waals surface area contributed by atoms with Gasteiger partial charge in [0.15, 0.2) is 11.0 Å². The molecule has 0 unspecified atom stereocenters. The fraction of sp³-hybridized carbons (Fsp3) is 0.115. The largest absolute Gasteiger partial charge is 0.497 e. The summed E-state index contributed by atoms with van der Waals surface area (Å²) in [6, 6.07) is 24.4. The van der Waals surface area contributed by atoms with Crippen LogP contribution < -0.4 is 16.0 Å². The van der Waals surface area contributed by atoms with Crippen LogP contribution in [-0.4, -0.2) is 37.3 Å². The minimum Gasteiger partial charge on any atom is -0.497 e. The van der Waals surface area contributed by atoms with E-state index < -0.39 is 5.91 Å². The quantitative estimate of drug-likeness (QED) is 0.326. The van der Waals surface area contributed by atoms with Gasteiger partial charge in [-0.1, -0.05) is 54.2 Å². The molecule has 5 aromatic rings. The molecule has 36 heavy (non-hydrogen) atoms. The van der Waals surface area contributed by atoms with E-state index in [-0.39, 0.29) is 17.9 Å². The van der Waals surface area contributed by atoms with E-state index in [9.17, 15) is 9.59 Å². The Hall–Kier alpha value is -4.44. The number of carbonyl (C=O) groups excluding carboxylic acids is 1. The van der Waals surface area contributed by atoms with E-state index in [0.29, 0.717) is 33.5 Å². The van der Waals surface area contributed by atoms with Crippen LogP contribution in [0.3, 0.4) is 0 Å². The molecule has 0 atom stereocenters. The average molecular weight is 499 g/mol. The van der Waals surface area contributed by atoms with Crippen molar-refractivity contribution in [3.05, 3.63) is 95.0 Å². The fourth-order valence-electron chi connectivity index (χ4n) is 3.89. The van der Waals surface area contributed by atoms with Crippen molar-refractivity contribution in [1.29, 1.82) is 0 Å². The summed E-state index contributed by atoms with van der Waals surface area (Å²) >= 11 is 1.36. The standard InChI is InChI=1S/C26H22N6O3S/c1-35-19-11-7-8-17(14-19)24-29-30-26(32(24)18-9-3-2-4-10-18)36-16-23-28-21-13-6-5-12-20(21)25(34)31(23)15-22(27)33/h2-14H,15-16H2,1H3,(H2,27,33). The molecule has 0 spiro atoms. The smallest absolute Gasteiger partial charge is 0.261 e. The summed E-state index contributed by atoms with van der Waals surface area (Å²) in [5.41, 5.74) is 7.40. The van der Waals surface area contributed by atoms with Crippen molar-refractivity contribution in [1.82, 2.24) is 24.3 Å². The number of carbonyl (C=O) groups is 1. The first-order valence-corrected chi connectivity index (χ1v) is 12.1. The van der Waals surface area contributed by atoms with Gasteiger partial charge in [-0.2, -0.15) is 0 Å². The highest BCUT2D eigenvalue weighted by Crippen LogP contribution is 2.31. The van der Waals surface area contributed by atoms with Crippen molar-refractivity contribution in [3.63, 3.8) is 0 Å². The van der Waals surface area contributed by atoms with Gasteiger partial charge in [0.05, 0.1) is 23.8 Å². The van der Waals surface area contributed by atoms with Gasteiger partial charge in [-0.15, -0.1) is 10.2 Å². The summed E-state index contributed by atoms with van der Waals surface area (Å²) in [5.74, 6) is 1.43. The molecule has 0 bridgehead atoms. The Morgan fingerprint density at radius 2 is 1.78 bits per heavy atom. The van der Waals surface area contributed by atoms with Crippen LogP contribution in [-0.2, 0) is 17.1 Å². The number of nitrogens with zero attached hydrogens (tertiary/aromatic N) is 5. The number of rotatable bonds is 8. The minimum atomic E-state index is -0.617. The van der Waals surface area contributed by atoms with E-state index >= 15 is 0 Å². The molecule has 2 N–H and O–H groups in total. The summed E-state index contributed by atoms with van der Waals surface area (Å²) in [7, 11) is 1.62. The number of methoxy groups -OCH3 is 1. The monoisotopic (exact) mass is 498 g/mol. The van der Waals surface area contributed by atoms with Crippen LogP contribution in [0.15, 0.2) is 88.8 Å². The number of para-hydroxylation sites is 2. The normalized spacial score (nSPS) is 11.0. The molecule has 3 aromatic carbocycles. The van der Waals surface area contributed by atoms with Gasteiger partial charge in [0.1, 0.15) is 18.1 Å². The lowest BCUT2D eigenvalue weighted by Gasteiger charge is -2.13. The number of ether oxygens (including phenoxy) is 1. The molecular formula is C26H22N6O3S. The van der Waals surface area contributed by atoms with Gasteiger partial charge in [0, 0.05) is 11.3 Å². The third kappa shape index (κ3) is 4.58. The lowest BCUT2D eigenvalue weighted by atomic mass is 10.2. The van der Waals surface area contributed by atoms with Crippen LogP contribution in [0.4, 0.5) is 0 Å². The molecule has 0 aliphatic heterocycles. The third-order valence-electron chi connectivity index (χ3n) is 5.56. The number of hydrogen-bond acceptors (Lipinski definition) is 7. The second kappa shape index (κ2) is 10.0. The average Bonchev–Trinajstić information content (AvgIpc) is 3.33. The highest BCUT2D eigenvalue weighted by Gasteiger charge is 2.19. The zero-order valence-corrected chi connectivity index (χ0v) is 20.2. The molecule has 180 valence electrons. The Balaban J connectivity index is 1.57. The highest BCUT2D eigenvalue weighted by molar-refractivity contribution is 7.98. The van der Waals surface area contributed by atoms with Crippen LogP contribution in [0, 0.1) is 0 Å². The van der Waals surface area contributed by atoms with Gasteiger partial charge in [-0.25, -0.2) is 4.98 Å². The SMILES string of the molecule is COc1cccc(-c2nnc(SCc3nc4ccccc4c(=O)n3CC(N)=O)n2-c2ccccc2)c1. The van der Waals surface area contributed by atoms with Crippen LogP contribution in [0.25, 0.3) is 28.0 Å². The number of hydrogen-bond donors (Lipinski definition) is 1. The molecule has 0 radical (unpaired) electrons. The maximum atomic E-state index is 13.1. The topological polar surface area (TPSA) is 118 Å². The van der Waals surface area contributed by atoms with Crippen molar-refractivity contribution in [2.45, 2.75) is 17.5 Å². The summed E-state index contributed by atoms with van der Waals surface area (Å²) < 4.78 is 8.65. The van der Waals surface area contributed by atoms with Crippen molar-refractivity contribution in [2.75, 3.05) is 7.11 Å². The molecule has 1 amide bonds. The van der Waals surface area contributed by atoms with Crippen LogP contribution in [0.5, 0.6) is 5.75 Å². The molecule has 5 rings (SSSR count). The number of amides is 1. The van der Waals surface area contributed by atoms with Crippen LogP contribution in [0.2, 0.25) is 0 Å². The summed E-state index contributed by atoms with van der Waals surface area (Å²) in [4.78, 5) is 29.5. The highest BCUT2D eigenvalue weighted by atomic mass is 32.2. The molecule has 2 heterocycles. The Kier molecular flexibility index (Phi) is 6.50. The number of benzene rings is 3. The van der Waals surface area contributed by atoms with Gasteiger partial charge in [0.2, 0.25) is 5.91 Å². The third-order valence-corrected chi connectivity index (χ3v) is 6.49. The van der Waals surface area contributed by atoms with E-state index in [2.05, 4.69) is 15.2 Å². The number of thioether (sulfide) groups is 1. The van der Waals surface area contributed by atoms with Crippen molar-refractivity contribution in [3.8, 4) is 22.8 Å². The molecule has 9 nitrogen and oxygen atoms in total. The Morgan fingerprint density at radius 3 is 2.56 bits per heavy atom. The van der Waals surface area contributed by atoms with Crippen LogP contribution in [0.1, 0.15) is 5.82 Å². The van der Waals surface area contributed by atoms with Crippen molar-refractivity contribution < 1.29 is 9.53 Å². The molecule has 2 aromatic heterocycles. The van der Waals surface area contributed by atoms with Crippen molar-refractivity contribution in [2.24, 2.45) is 5.73 Å². The van der Waals surface area contributed by atoms with Gasteiger partial charge in [-0.3, -0.25) is 18.7 Å². The Bertz CT molecular complexity index is 1610. The number of nitrogens with two attached hydrogens (primary N) is 1. The van der Waals surface area contributed by atoms with E-state index in [1.54, 1.807) is 25.3 Å². The number of primary amides is 1. The van der Waals surface area contributed by atoms with Gasteiger partial charge < -0.3 is 10.5 Å². The first-order valence-electron chi connectivity index (χ1n) is 11.1. The van der Waals surface area contributed by atoms with Gasteiger partial charge in [0.25, 0.3) is 5.56 Å². The van der Waals surface area contributed by atoms with E-state index in [1.165, 1.54) is 16.3 Å². The molecule has 10 heteroatoms. The summed E-state index contributed by atoms with van der Waals surface area (Å²) in [6.07, 6.45) is 0. The summed E-state index contributed by atoms with van der Waals surface area (Å²) in [5, 5.41) is 9.94. The predicted octanol–water partition coefficient (Wildman–Crippen LogP) is 3.43. The Labute approximate surface area is 210 Å². The first kappa shape index (κ1) is 23.3. The minimum absolute atomic E-state index is 0.257. The fourth-order valence-corrected chi connectivity index (χ4v) is 4.79. The van der Waals surface area contributed by atoms with E-state index in [0.717, 1.165) is 11.3 Å². The van der Waals surface area contributed by atoms with E-state index in [4.69, 9.17) is 10.5 Å². The zero-order valence-electron chi connectivity index (χ0n) is 19.4. The molecule has 0 aliphatic carbocycles.